The number of aliphatic hydroxyl groups excluding tert-OH is 1. The van der Waals surface area contributed by atoms with Gasteiger partial charge in [0.1, 0.15) is 5.75 Å². The Morgan fingerprint density at radius 1 is 1.20 bits per heavy atom. The number of hydrogen-bond donors (Lipinski definition) is 1. The summed E-state index contributed by atoms with van der Waals surface area (Å²) in [5, 5.41) is 9.28. The van der Waals surface area contributed by atoms with Crippen molar-refractivity contribution in [3.63, 3.8) is 0 Å². The van der Waals surface area contributed by atoms with Crippen LogP contribution in [0.3, 0.4) is 0 Å². The Hall–Kier alpha value is -1.06. The second kappa shape index (κ2) is 7.09. The lowest BCUT2D eigenvalue weighted by Gasteiger charge is -2.34. The van der Waals surface area contributed by atoms with Crippen molar-refractivity contribution in [3.05, 3.63) is 29.3 Å². The van der Waals surface area contributed by atoms with Gasteiger partial charge in [-0.1, -0.05) is 6.07 Å². The molecule has 0 amide bonds. The van der Waals surface area contributed by atoms with Gasteiger partial charge in [0.25, 0.3) is 0 Å². The minimum absolute atomic E-state index is 0.0405. The fourth-order valence-electron chi connectivity index (χ4n) is 2.92. The van der Waals surface area contributed by atoms with E-state index in [0.717, 1.165) is 44.7 Å². The summed E-state index contributed by atoms with van der Waals surface area (Å²) in [4.78, 5) is 2.35. The minimum atomic E-state index is -0.0405. The molecule has 0 bridgehead atoms. The van der Waals surface area contributed by atoms with E-state index in [9.17, 15) is 5.11 Å². The van der Waals surface area contributed by atoms with Gasteiger partial charge in [0.05, 0.1) is 12.7 Å². The van der Waals surface area contributed by atoms with Gasteiger partial charge in [-0.2, -0.15) is 0 Å². The van der Waals surface area contributed by atoms with Gasteiger partial charge in [0, 0.05) is 13.1 Å². The molecule has 112 valence electrons. The predicted molar refractivity (Wildman–Crippen MR) is 82.3 cm³/mol. The Morgan fingerprint density at radius 2 is 1.85 bits per heavy atom. The molecule has 1 N–H and O–H groups in total. The summed E-state index contributed by atoms with van der Waals surface area (Å²) >= 11 is 0. The van der Waals surface area contributed by atoms with E-state index in [2.05, 4.69) is 44.0 Å². The number of aliphatic hydroxyl groups is 1. The average Bonchev–Trinajstić information content (AvgIpc) is 2.31. The molecule has 1 aromatic rings. The molecule has 1 aliphatic rings. The van der Waals surface area contributed by atoms with Crippen LogP contribution in [0.4, 0.5) is 0 Å². The van der Waals surface area contributed by atoms with Crippen molar-refractivity contribution < 1.29 is 9.84 Å². The third kappa shape index (κ3) is 4.80. The molecule has 0 radical (unpaired) electrons. The van der Waals surface area contributed by atoms with Crippen LogP contribution in [0.2, 0.25) is 0 Å². The maximum Gasteiger partial charge on any atom is 0.119 e. The molecule has 0 saturated heterocycles. The molecule has 1 saturated carbocycles. The van der Waals surface area contributed by atoms with Crippen molar-refractivity contribution in [1.29, 1.82) is 0 Å². The van der Waals surface area contributed by atoms with Crippen molar-refractivity contribution in [3.8, 4) is 5.75 Å². The average molecular weight is 277 g/mol. The lowest BCUT2D eigenvalue weighted by Crippen LogP contribution is -2.37. The van der Waals surface area contributed by atoms with Gasteiger partial charge < -0.3 is 14.7 Å². The van der Waals surface area contributed by atoms with Gasteiger partial charge in [-0.05, 0) is 69.3 Å². The molecule has 3 heteroatoms. The zero-order valence-corrected chi connectivity index (χ0v) is 12.9. The smallest absolute Gasteiger partial charge is 0.119 e. The Labute approximate surface area is 122 Å². The lowest BCUT2D eigenvalue weighted by molar-refractivity contribution is 0.0278. The van der Waals surface area contributed by atoms with Gasteiger partial charge in [0.2, 0.25) is 0 Å². The second-order valence-corrected chi connectivity index (χ2v) is 6.28. The van der Waals surface area contributed by atoms with E-state index < -0.39 is 0 Å². The molecule has 0 aliphatic heterocycles. The summed E-state index contributed by atoms with van der Waals surface area (Å²) in [6.45, 7) is 7.11. The van der Waals surface area contributed by atoms with Gasteiger partial charge in [-0.3, -0.25) is 0 Å². The molecule has 0 spiro atoms. The first kappa shape index (κ1) is 15.3. The first-order chi connectivity index (χ1) is 9.52. The Bertz CT molecular complexity index is 407. The number of rotatable bonds is 7. The van der Waals surface area contributed by atoms with Crippen molar-refractivity contribution in [2.24, 2.45) is 5.92 Å². The summed E-state index contributed by atoms with van der Waals surface area (Å²) in [7, 11) is 2.15. The van der Waals surface area contributed by atoms with Crippen LogP contribution in [0.15, 0.2) is 18.2 Å². The summed E-state index contributed by atoms with van der Waals surface area (Å²) in [5.74, 6) is 1.67. The SMILES string of the molecule is Cc1cc(C)cc(OCCCN(C)CC2CC(O)C2)c1. The number of aryl methyl sites for hydroxylation is 2. The highest BCUT2D eigenvalue weighted by molar-refractivity contribution is 5.32. The first-order valence-corrected chi connectivity index (χ1v) is 7.60. The van der Waals surface area contributed by atoms with Crippen LogP contribution in [0.5, 0.6) is 5.75 Å². The van der Waals surface area contributed by atoms with Gasteiger partial charge in [-0.25, -0.2) is 0 Å². The van der Waals surface area contributed by atoms with Gasteiger partial charge in [-0.15, -0.1) is 0 Å². The zero-order valence-electron chi connectivity index (χ0n) is 12.9. The number of nitrogens with zero attached hydrogens (tertiary/aromatic N) is 1. The molecule has 0 unspecified atom stereocenters. The molecule has 1 aliphatic carbocycles. The highest BCUT2D eigenvalue weighted by atomic mass is 16.5. The van der Waals surface area contributed by atoms with Crippen molar-refractivity contribution >= 4 is 0 Å². The molecule has 20 heavy (non-hydrogen) atoms. The molecule has 0 atom stereocenters. The maximum atomic E-state index is 9.28. The van der Waals surface area contributed by atoms with Crippen LogP contribution in [-0.2, 0) is 0 Å². The lowest BCUT2D eigenvalue weighted by atomic mass is 9.82. The molecular weight excluding hydrogens is 250 g/mol. The van der Waals surface area contributed by atoms with E-state index in [1.54, 1.807) is 0 Å². The Balaban J connectivity index is 1.61. The summed E-state index contributed by atoms with van der Waals surface area (Å²) < 4.78 is 5.81. The van der Waals surface area contributed by atoms with Gasteiger partial charge >= 0.3 is 0 Å². The standard InChI is InChI=1S/C17H27NO2/c1-13-7-14(2)9-17(8-13)20-6-4-5-18(3)12-15-10-16(19)11-15/h7-9,15-16,19H,4-6,10-12H2,1-3H3. The molecule has 0 aromatic heterocycles. The van der Waals surface area contributed by atoms with Crippen LogP contribution in [-0.4, -0.2) is 42.9 Å². The summed E-state index contributed by atoms with van der Waals surface area (Å²) in [6.07, 6.45) is 2.95. The van der Waals surface area contributed by atoms with Crippen LogP contribution < -0.4 is 4.74 Å². The van der Waals surface area contributed by atoms with E-state index in [1.807, 2.05) is 0 Å². The van der Waals surface area contributed by atoms with E-state index in [4.69, 9.17) is 4.74 Å². The molecule has 3 nitrogen and oxygen atoms in total. The van der Waals surface area contributed by atoms with Crippen LogP contribution in [0, 0.1) is 19.8 Å². The highest BCUT2D eigenvalue weighted by Gasteiger charge is 2.27. The maximum absolute atomic E-state index is 9.28. The fraction of sp³-hybridized carbons (Fsp3) is 0.647. The van der Waals surface area contributed by atoms with Gasteiger partial charge in [0.15, 0.2) is 0 Å². The zero-order chi connectivity index (χ0) is 14.5. The van der Waals surface area contributed by atoms with Crippen LogP contribution in [0.25, 0.3) is 0 Å². The van der Waals surface area contributed by atoms with E-state index >= 15 is 0 Å². The number of hydrogen-bond acceptors (Lipinski definition) is 3. The monoisotopic (exact) mass is 277 g/mol. The van der Waals surface area contributed by atoms with Crippen LogP contribution in [0.1, 0.15) is 30.4 Å². The molecule has 0 heterocycles. The third-order valence-electron chi connectivity index (χ3n) is 3.93. The van der Waals surface area contributed by atoms with E-state index in [1.165, 1.54) is 11.1 Å². The van der Waals surface area contributed by atoms with E-state index in [-0.39, 0.29) is 6.10 Å². The minimum Gasteiger partial charge on any atom is -0.494 e. The molecular formula is C17H27NO2. The fourth-order valence-corrected chi connectivity index (χ4v) is 2.92. The Morgan fingerprint density at radius 3 is 2.45 bits per heavy atom. The number of ether oxygens (including phenoxy) is 1. The van der Waals surface area contributed by atoms with E-state index in [0.29, 0.717) is 5.92 Å². The van der Waals surface area contributed by atoms with Crippen molar-refractivity contribution in [1.82, 2.24) is 4.90 Å². The predicted octanol–water partition coefficient (Wildman–Crippen LogP) is 2.78. The van der Waals surface area contributed by atoms with Crippen LogP contribution >= 0.6 is 0 Å². The van der Waals surface area contributed by atoms with Crippen molar-refractivity contribution in [2.45, 2.75) is 39.2 Å². The second-order valence-electron chi connectivity index (χ2n) is 6.28. The highest BCUT2D eigenvalue weighted by Crippen LogP contribution is 2.27. The summed E-state index contributed by atoms with van der Waals surface area (Å²) in [6, 6.07) is 6.34. The summed E-state index contributed by atoms with van der Waals surface area (Å²) in [5.41, 5.74) is 2.50. The first-order valence-electron chi connectivity index (χ1n) is 7.60. The normalized spacial score (nSPS) is 21.9. The largest absolute Gasteiger partial charge is 0.494 e. The molecule has 1 fully saturated rings. The molecule has 1 aromatic carbocycles. The topological polar surface area (TPSA) is 32.7 Å². The quantitative estimate of drug-likeness (QED) is 0.778. The molecule has 2 rings (SSSR count). The Kier molecular flexibility index (Phi) is 5.44. The third-order valence-corrected chi connectivity index (χ3v) is 3.93. The van der Waals surface area contributed by atoms with Crippen molar-refractivity contribution in [2.75, 3.05) is 26.7 Å². The number of benzene rings is 1.